The van der Waals surface area contributed by atoms with Gasteiger partial charge in [-0.3, -0.25) is 0 Å². The zero-order valence-corrected chi connectivity index (χ0v) is 12.2. The van der Waals surface area contributed by atoms with Gasteiger partial charge in [-0.15, -0.1) is 0 Å². The van der Waals surface area contributed by atoms with E-state index >= 15 is 0 Å². The molecule has 0 spiro atoms. The molecule has 0 amide bonds. The van der Waals surface area contributed by atoms with Gasteiger partial charge in [0.25, 0.3) is 0 Å². The van der Waals surface area contributed by atoms with Crippen LogP contribution in [0.2, 0.25) is 0 Å². The van der Waals surface area contributed by atoms with Gasteiger partial charge in [0.1, 0.15) is 0 Å². The van der Waals surface area contributed by atoms with Crippen molar-refractivity contribution >= 4 is 0 Å². The highest BCUT2D eigenvalue weighted by molar-refractivity contribution is 5.42. The third-order valence-electron chi connectivity index (χ3n) is 3.27. The van der Waals surface area contributed by atoms with Crippen molar-refractivity contribution in [1.29, 1.82) is 0 Å². The third kappa shape index (κ3) is 5.92. The zero-order valence-electron chi connectivity index (χ0n) is 12.2. The second kappa shape index (κ2) is 8.81. The first kappa shape index (κ1) is 14.8. The van der Waals surface area contributed by atoms with Gasteiger partial charge >= 0.3 is 0 Å². The van der Waals surface area contributed by atoms with Gasteiger partial charge < -0.3 is 0 Å². The van der Waals surface area contributed by atoms with Crippen molar-refractivity contribution in [1.82, 2.24) is 0 Å². The van der Waals surface area contributed by atoms with Crippen molar-refractivity contribution in [3.05, 3.63) is 34.9 Å². The highest BCUT2D eigenvalue weighted by Crippen LogP contribution is 2.10. The van der Waals surface area contributed by atoms with Crippen molar-refractivity contribution in [3.8, 4) is 11.8 Å². The molecule has 98 valence electrons. The predicted octanol–water partition coefficient (Wildman–Crippen LogP) is 5.41. The molecule has 0 aliphatic rings. The molecule has 0 radical (unpaired) electrons. The smallest absolute Gasteiger partial charge is 0.0277 e. The minimum Gasteiger partial charge on any atom is -0.0979 e. The monoisotopic (exact) mass is 242 g/mol. The molecule has 0 unspecified atom stereocenters. The molecule has 0 aliphatic heterocycles. The fourth-order valence-electron chi connectivity index (χ4n) is 2.02. The van der Waals surface area contributed by atoms with E-state index in [2.05, 4.69) is 50.8 Å². The Morgan fingerprint density at radius 2 is 1.67 bits per heavy atom. The van der Waals surface area contributed by atoms with Gasteiger partial charge in [0, 0.05) is 12.0 Å². The fourth-order valence-corrected chi connectivity index (χ4v) is 2.02. The van der Waals surface area contributed by atoms with E-state index in [1.807, 2.05) is 0 Å². The van der Waals surface area contributed by atoms with Crippen molar-refractivity contribution in [2.75, 3.05) is 0 Å². The first-order valence-electron chi connectivity index (χ1n) is 7.30. The van der Waals surface area contributed by atoms with Gasteiger partial charge in [-0.05, 0) is 37.5 Å². The van der Waals surface area contributed by atoms with E-state index in [4.69, 9.17) is 0 Å². The van der Waals surface area contributed by atoms with E-state index < -0.39 is 0 Å². The van der Waals surface area contributed by atoms with Gasteiger partial charge in [-0.1, -0.05) is 63.0 Å². The van der Waals surface area contributed by atoms with Crippen molar-refractivity contribution < 1.29 is 0 Å². The summed E-state index contributed by atoms with van der Waals surface area (Å²) in [5, 5.41) is 0. The molecule has 0 aromatic heterocycles. The minimum atomic E-state index is 1.04. The molecule has 1 aromatic carbocycles. The maximum atomic E-state index is 3.31. The summed E-state index contributed by atoms with van der Waals surface area (Å²) in [6, 6.07) is 6.49. The summed E-state index contributed by atoms with van der Waals surface area (Å²) in [7, 11) is 0. The average molecular weight is 242 g/mol. The molecule has 0 bridgehead atoms. The summed E-state index contributed by atoms with van der Waals surface area (Å²) in [6.07, 6.45) is 9.10. The molecular formula is C18H26. The summed E-state index contributed by atoms with van der Waals surface area (Å²) in [4.78, 5) is 0. The number of aryl methyl sites for hydroxylation is 2. The third-order valence-corrected chi connectivity index (χ3v) is 3.27. The van der Waals surface area contributed by atoms with E-state index in [0.29, 0.717) is 0 Å². The number of hydrogen-bond donors (Lipinski definition) is 0. The predicted molar refractivity (Wildman–Crippen MR) is 80.8 cm³/mol. The molecule has 0 fully saturated rings. The first-order valence-corrected chi connectivity index (χ1v) is 7.30. The Morgan fingerprint density at radius 1 is 0.944 bits per heavy atom. The summed E-state index contributed by atoms with van der Waals surface area (Å²) in [5.41, 5.74) is 3.78. The Bertz CT molecular complexity index is 404. The lowest BCUT2D eigenvalue weighted by Gasteiger charge is -1.99. The zero-order chi connectivity index (χ0) is 13.2. The Hall–Kier alpha value is -1.22. The van der Waals surface area contributed by atoms with E-state index in [1.165, 1.54) is 55.2 Å². The van der Waals surface area contributed by atoms with Crippen LogP contribution in [0.5, 0.6) is 0 Å². The Kier molecular flexibility index (Phi) is 7.26. The van der Waals surface area contributed by atoms with Gasteiger partial charge in [0.05, 0.1) is 0 Å². The minimum absolute atomic E-state index is 1.04. The molecule has 0 aliphatic carbocycles. The van der Waals surface area contributed by atoms with Crippen LogP contribution in [-0.4, -0.2) is 0 Å². The molecule has 1 aromatic rings. The Morgan fingerprint density at radius 3 is 2.44 bits per heavy atom. The molecule has 0 saturated heterocycles. The van der Waals surface area contributed by atoms with Crippen molar-refractivity contribution in [3.63, 3.8) is 0 Å². The van der Waals surface area contributed by atoms with Crippen LogP contribution in [0.25, 0.3) is 0 Å². The molecule has 0 saturated carbocycles. The average Bonchev–Trinajstić information content (AvgIpc) is 2.36. The summed E-state index contributed by atoms with van der Waals surface area (Å²) in [5.74, 6) is 6.62. The quantitative estimate of drug-likeness (QED) is 0.462. The lowest BCUT2D eigenvalue weighted by Crippen LogP contribution is -1.83. The molecule has 1 rings (SSSR count). The van der Waals surface area contributed by atoms with E-state index in [0.717, 1.165) is 6.42 Å². The molecule has 0 atom stereocenters. The topological polar surface area (TPSA) is 0 Å². The first-order chi connectivity index (χ1) is 8.74. The maximum absolute atomic E-state index is 3.31. The number of hydrogen-bond acceptors (Lipinski definition) is 0. The van der Waals surface area contributed by atoms with Crippen molar-refractivity contribution in [2.24, 2.45) is 0 Å². The van der Waals surface area contributed by atoms with Gasteiger partial charge in [0.2, 0.25) is 0 Å². The van der Waals surface area contributed by atoms with Crippen LogP contribution in [0.4, 0.5) is 0 Å². The van der Waals surface area contributed by atoms with E-state index in [1.54, 1.807) is 0 Å². The molecule has 18 heavy (non-hydrogen) atoms. The van der Waals surface area contributed by atoms with Crippen LogP contribution in [0.15, 0.2) is 18.2 Å². The van der Waals surface area contributed by atoms with Gasteiger partial charge in [-0.2, -0.15) is 0 Å². The highest BCUT2D eigenvalue weighted by atomic mass is 14.0. The molecule has 0 N–H and O–H groups in total. The SMILES string of the molecule is CCCCCCCCC#Cc1cc(C)ccc1C. The van der Waals surface area contributed by atoms with Crippen LogP contribution in [0.1, 0.15) is 68.6 Å². The van der Waals surface area contributed by atoms with Crippen LogP contribution >= 0.6 is 0 Å². The van der Waals surface area contributed by atoms with Gasteiger partial charge in [-0.25, -0.2) is 0 Å². The van der Waals surface area contributed by atoms with Crippen LogP contribution in [0.3, 0.4) is 0 Å². The van der Waals surface area contributed by atoms with E-state index in [9.17, 15) is 0 Å². The molecule has 0 heterocycles. The lowest BCUT2D eigenvalue weighted by atomic mass is 10.1. The largest absolute Gasteiger partial charge is 0.0979 e. The molecule has 0 heteroatoms. The second-order valence-electron chi connectivity index (χ2n) is 5.14. The fraction of sp³-hybridized carbons (Fsp3) is 0.556. The Labute approximate surface area is 113 Å². The number of benzene rings is 1. The lowest BCUT2D eigenvalue weighted by molar-refractivity contribution is 0.614. The standard InChI is InChI=1S/C18H26/c1-4-5-6-7-8-9-10-11-12-18-15-16(2)13-14-17(18)3/h13-15H,4-10H2,1-3H3. The normalized spacial score (nSPS) is 9.94. The van der Waals surface area contributed by atoms with Crippen LogP contribution in [0, 0.1) is 25.7 Å². The summed E-state index contributed by atoms with van der Waals surface area (Å²) >= 11 is 0. The Balaban J connectivity index is 2.27. The summed E-state index contributed by atoms with van der Waals surface area (Å²) in [6.45, 7) is 6.52. The molecule has 0 nitrogen and oxygen atoms in total. The van der Waals surface area contributed by atoms with E-state index in [-0.39, 0.29) is 0 Å². The van der Waals surface area contributed by atoms with Crippen LogP contribution in [-0.2, 0) is 0 Å². The number of rotatable bonds is 6. The van der Waals surface area contributed by atoms with Crippen LogP contribution < -0.4 is 0 Å². The van der Waals surface area contributed by atoms with Gasteiger partial charge in [0.15, 0.2) is 0 Å². The number of unbranched alkanes of at least 4 members (excludes halogenated alkanes) is 6. The second-order valence-corrected chi connectivity index (χ2v) is 5.14. The highest BCUT2D eigenvalue weighted by Gasteiger charge is 1.94. The van der Waals surface area contributed by atoms with Crippen molar-refractivity contribution in [2.45, 2.75) is 65.7 Å². The molecular weight excluding hydrogens is 216 g/mol. The maximum Gasteiger partial charge on any atom is 0.0277 e. The summed E-state index contributed by atoms with van der Waals surface area (Å²) < 4.78 is 0.